The summed E-state index contributed by atoms with van der Waals surface area (Å²) in [6.45, 7) is 2.49. The maximum absolute atomic E-state index is 12.8. The molecule has 0 fully saturated rings. The van der Waals surface area contributed by atoms with Crippen molar-refractivity contribution < 1.29 is 26.6 Å². The molecular weight excluding hydrogens is 325 g/mol. The lowest BCUT2D eigenvalue weighted by molar-refractivity contribution is -0.164. The van der Waals surface area contributed by atoms with Gasteiger partial charge in [0.15, 0.2) is 5.60 Å². The van der Waals surface area contributed by atoms with Crippen LogP contribution < -0.4 is 4.84 Å². The standard InChI is InChI=1S/C12H13ClFNO5S/c1-8(16)20-12(2,11(17)15-13)7-9-3-5-10(6-4-9)21(14,18)19/h3-6H,7H2,1-2H3,(H,15,17). The molecule has 0 aliphatic heterocycles. The minimum Gasteiger partial charge on any atom is -0.449 e. The molecule has 21 heavy (non-hydrogen) atoms. The Kier molecular flexibility index (Phi) is 5.30. The lowest BCUT2D eigenvalue weighted by atomic mass is 9.95. The van der Waals surface area contributed by atoms with Crippen molar-refractivity contribution in [2.75, 3.05) is 0 Å². The number of ether oxygens (including phenoxy) is 1. The molecule has 9 heteroatoms. The van der Waals surface area contributed by atoms with Crippen molar-refractivity contribution in [3.8, 4) is 0 Å². The minimum atomic E-state index is -4.79. The number of amides is 1. The van der Waals surface area contributed by atoms with Crippen molar-refractivity contribution in [2.24, 2.45) is 0 Å². The van der Waals surface area contributed by atoms with Crippen LogP contribution in [0.3, 0.4) is 0 Å². The molecule has 1 N–H and O–H groups in total. The largest absolute Gasteiger partial charge is 0.449 e. The van der Waals surface area contributed by atoms with Crippen molar-refractivity contribution in [1.29, 1.82) is 0 Å². The molecule has 1 aromatic carbocycles. The van der Waals surface area contributed by atoms with Crippen LogP contribution in [0.25, 0.3) is 0 Å². The number of nitrogens with one attached hydrogen (secondary N) is 1. The van der Waals surface area contributed by atoms with Crippen molar-refractivity contribution in [1.82, 2.24) is 4.84 Å². The number of halogens is 2. The van der Waals surface area contributed by atoms with Gasteiger partial charge in [0.05, 0.1) is 4.90 Å². The number of hydrogen-bond acceptors (Lipinski definition) is 5. The maximum atomic E-state index is 12.8. The second kappa shape index (κ2) is 6.40. The van der Waals surface area contributed by atoms with Crippen LogP contribution in [0.4, 0.5) is 3.89 Å². The number of carbonyl (C=O) groups excluding carboxylic acids is 2. The Morgan fingerprint density at radius 3 is 2.24 bits per heavy atom. The Hall–Kier alpha value is -1.67. The van der Waals surface area contributed by atoms with Gasteiger partial charge in [-0.3, -0.25) is 14.4 Å². The Bertz CT molecular complexity index is 646. The number of rotatable bonds is 5. The van der Waals surface area contributed by atoms with E-state index in [2.05, 4.69) is 0 Å². The topological polar surface area (TPSA) is 89.5 Å². The fourth-order valence-corrected chi connectivity index (χ4v) is 2.40. The predicted octanol–water partition coefficient (Wildman–Crippen LogP) is 1.48. The van der Waals surface area contributed by atoms with Crippen molar-refractivity contribution >= 4 is 33.9 Å². The van der Waals surface area contributed by atoms with Crippen molar-refractivity contribution in [2.45, 2.75) is 30.8 Å². The first-order chi connectivity index (χ1) is 9.58. The zero-order valence-electron chi connectivity index (χ0n) is 11.2. The van der Waals surface area contributed by atoms with Crippen LogP contribution in [-0.4, -0.2) is 25.9 Å². The van der Waals surface area contributed by atoms with Gasteiger partial charge >= 0.3 is 16.2 Å². The monoisotopic (exact) mass is 337 g/mol. The summed E-state index contributed by atoms with van der Waals surface area (Å²) in [6, 6.07) is 4.74. The molecule has 0 saturated carbocycles. The molecule has 0 radical (unpaired) electrons. The van der Waals surface area contributed by atoms with E-state index in [0.29, 0.717) is 5.56 Å². The molecule has 0 aromatic heterocycles. The summed E-state index contributed by atoms with van der Waals surface area (Å²) in [5.41, 5.74) is -1.10. The SMILES string of the molecule is CC(=O)OC(C)(Cc1ccc(S(=O)(=O)F)cc1)C(=O)NCl. The van der Waals surface area contributed by atoms with Gasteiger partial charge in [0.2, 0.25) is 0 Å². The minimum absolute atomic E-state index is 0.0578. The van der Waals surface area contributed by atoms with Crippen LogP contribution in [0.5, 0.6) is 0 Å². The third-order valence-corrected chi connectivity index (χ3v) is 3.69. The molecule has 0 spiro atoms. The zero-order chi connectivity index (χ0) is 16.3. The highest BCUT2D eigenvalue weighted by Gasteiger charge is 2.36. The Balaban J connectivity index is 3.04. The van der Waals surface area contributed by atoms with Crippen LogP contribution >= 0.6 is 11.8 Å². The van der Waals surface area contributed by atoms with Crippen LogP contribution in [0.2, 0.25) is 0 Å². The predicted molar refractivity (Wildman–Crippen MR) is 72.6 cm³/mol. The number of hydrogen-bond donors (Lipinski definition) is 1. The third-order valence-electron chi connectivity index (χ3n) is 2.68. The van der Waals surface area contributed by atoms with E-state index < -0.39 is 32.6 Å². The second-order valence-electron chi connectivity index (χ2n) is 4.51. The normalized spacial score (nSPS) is 14.1. The molecule has 1 amide bonds. The lowest BCUT2D eigenvalue weighted by Gasteiger charge is -2.26. The Labute approximate surface area is 126 Å². The fraction of sp³-hybridized carbons (Fsp3) is 0.333. The van der Waals surface area contributed by atoms with Gasteiger partial charge in [-0.1, -0.05) is 12.1 Å². The van der Waals surface area contributed by atoms with Gasteiger partial charge in [-0.2, -0.15) is 8.42 Å². The summed E-state index contributed by atoms with van der Waals surface area (Å²) in [6.07, 6.45) is -0.0578. The number of carbonyl (C=O) groups is 2. The van der Waals surface area contributed by atoms with E-state index in [9.17, 15) is 21.9 Å². The van der Waals surface area contributed by atoms with Crippen LogP contribution in [-0.2, 0) is 31.0 Å². The molecule has 1 rings (SSSR count). The van der Waals surface area contributed by atoms with Crippen LogP contribution in [0, 0.1) is 0 Å². The average Bonchev–Trinajstić information content (AvgIpc) is 2.36. The highest BCUT2D eigenvalue weighted by Crippen LogP contribution is 2.21. The second-order valence-corrected chi connectivity index (χ2v) is 6.04. The van der Waals surface area contributed by atoms with E-state index in [1.54, 1.807) is 0 Å². The van der Waals surface area contributed by atoms with Gasteiger partial charge in [-0.25, -0.2) is 0 Å². The van der Waals surface area contributed by atoms with Crippen LogP contribution in [0.1, 0.15) is 19.4 Å². The molecule has 116 valence electrons. The molecule has 0 heterocycles. The summed E-state index contributed by atoms with van der Waals surface area (Å²) >= 11 is 5.25. The molecule has 1 unspecified atom stereocenters. The molecule has 0 aliphatic rings. The third kappa shape index (κ3) is 4.68. The van der Waals surface area contributed by atoms with E-state index in [1.807, 2.05) is 4.84 Å². The molecule has 0 saturated heterocycles. The molecule has 0 aliphatic carbocycles. The van der Waals surface area contributed by atoms with E-state index in [-0.39, 0.29) is 6.42 Å². The van der Waals surface area contributed by atoms with Gasteiger partial charge in [-0.15, -0.1) is 3.89 Å². The smallest absolute Gasteiger partial charge is 0.332 e. The van der Waals surface area contributed by atoms with Gasteiger partial charge in [0.25, 0.3) is 5.91 Å². The van der Waals surface area contributed by atoms with Gasteiger partial charge in [0.1, 0.15) is 0 Å². The summed E-state index contributed by atoms with van der Waals surface area (Å²) in [7, 11) is -4.79. The molecule has 6 nitrogen and oxygen atoms in total. The highest BCUT2D eigenvalue weighted by molar-refractivity contribution is 7.86. The quantitative estimate of drug-likeness (QED) is 0.499. The number of benzene rings is 1. The Morgan fingerprint density at radius 2 is 1.86 bits per heavy atom. The van der Waals surface area contributed by atoms with Gasteiger partial charge < -0.3 is 4.74 Å². The van der Waals surface area contributed by atoms with E-state index >= 15 is 0 Å². The Morgan fingerprint density at radius 1 is 1.33 bits per heavy atom. The summed E-state index contributed by atoms with van der Waals surface area (Å²) in [4.78, 5) is 24.2. The molecule has 1 aromatic rings. The number of esters is 1. The van der Waals surface area contributed by atoms with E-state index in [1.165, 1.54) is 19.1 Å². The lowest BCUT2D eigenvalue weighted by Crippen LogP contribution is -2.46. The molecular formula is C12H13ClFNO5S. The fourth-order valence-electron chi connectivity index (χ4n) is 1.74. The first-order valence-electron chi connectivity index (χ1n) is 5.73. The highest BCUT2D eigenvalue weighted by atomic mass is 35.5. The summed E-state index contributed by atoms with van der Waals surface area (Å²) in [5.74, 6) is -1.41. The summed E-state index contributed by atoms with van der Waals surface area (Å²) < 4.78 is 39.2. The first-order valence-corrected chi connectivity index (χ1v) is 7.49. The zero-order valence-corrected chi connectivity index (χ0v) is 12.8. The molecule has 1 atom stereocenters. The molecule has 0 bridgehead atoms. The van der Waals surface area contributed by atoms with Crippen LogP contribution in [0.15, 0.2) is 29.2 Å². The van der Waals surface area contributed by atoms with Crippen molar-refractivity contribution in [3.63, 3.8) is 0 Å². The average molecular weight is 338 g/mol. The van der Waals surface area contributed by atoms with E-state index in [4.69, 9.17) is 16.5 Å². The first kappa shape index (κ1) is 17.4. The van der Waals surface area contributed by atoms with Gasteiger partial charge in [-0.05, 0) is 24.6 Å². The van der Waals surface area contributed by atoms with Gasteiger partial charge in [0, 0.05) is 25.1 Å². The van der Waals surface area contributed by atoms with E-state index in [0.717, 1.165) is 19.1 Å². The maximum Gasteiger partial charge on any atom is 0.332 e. The summed E-state index contributed by atoms with van der Waals surface area (Å²) in [5, 5.41) is 0. The van der Waals surface area contributed by atoms with Crippen molar-refractivity contribution in [3.05, 3.63) is 29.8 Å².